The van der Waals surface area contributed by atoms with Gasteiger partial charge in [-0.15, -0.1) is 0 Å². The van der Waals surface area contributed by atoms with Gasteiger partial charge in [-0.25, -0.2) is 8.42 Å². The summed E-state index contributed by atoms with van der Waals surface area (Å²) in [5.41, 5.74) is 2.86. The van der Waals surface area contributed by atoms with Crippen molar-refractivity contribution in [2.45, 2.75) is 44.2 Å². The second kappa shape index (κ2) is 15.2. The van der Waals surface area contributed by atoms with E-state index in [1.54, 1.807) is 48.5 Å². The number of halogens is 2. The smallest absolute Gasteiger partial charge is 0.264 e. The van der Waals surface area contributed by atoms with E-state index in [0.29, 0.717) is 22.3 Å². The Morgan fingerprint density at radius 1 is 0.795 bits per heavy atom. The first-order chi connectivity index (χ1) is 21.1. The number of nitrogens with zero attached hydrogens (tertiary/aromatic N) is 2. The normalized spacial score (nSPS) is 11.9. The number of anilines is 1. The fraction of sp³-hybridized carbons (Fsp3) is 0.235. The monoisotopic (exact) mass is 651 g/mol. The molecule has 230 valence electrons. The van der Waals surface area contributed by atoms with Crippen LogP contribution in [0.3, 0.4) is 0 Å². The quantitative estimate of drug-likeness (QED) is 0.175. The fourth-order valence-electron chi connectivity index (χ4n) is 4.68. The first-order valence-electron chi connectivity index (χ1n) is 14.3. The van der Waals surface area contributed by atoms with Gasteiger partial charge in [-0.05, 0) is 73.0 Å². The van der Waals surface area contributed by atoms with E-state index >= 15 is 0 Å². The molecule has 0 fully saturated rings. The Labute approximate surface area is 269 Å². The summed E-state index contributed by atoms with van der Waals surface area (Å²) in [7, 11) is -4.20. The van der Waals surface area contributed by atoms with Crippen LogP contribution in [0.2, 0.25) is 10.0 Å². The van der Waals surface area contributed by atoms with Crippen LogP contribution in [0.25, 0.3) is 0 Å². The minimum Gasteiger partial charge on any atom is -0.354 e. The molecule has 4 aromatic rings. The van der Waals surface area contributed by atoms with Gasteiger partial charge in [0.15, 0.2) is 0 Å². The highest BCUT2D eigenvalue weighted by atomic mass is 35.5. The lowest BCUT2D eigenvalue weighted by Crippen LogP contribution is -2.53. The summed E-state index contributed by atoms with van der Waals surface area (Å²) >= 11 is 12.2. The molecule has 0 bridgehead atoms. The molecular weight excluding hydrogens is 617 g/mol. The van der Waals surface area contributed by atoms with Gasteiger partial charge in [0.05, 0.1) is 10.6 Å². The predicted octanol–water partition coefficient (Wildman–Crippen LogP) is 6.66. The van der Waals surface area contributed by atoms with E-state index in [1.807, 2.05) is 44.2 Å². The Morgan fingerprint density at radius 3 is 1.98 bits per heavy atom. The predicted molar refractivity (Wildman–Crippen MR) is 176 cm³/mol. The molecule has 1 atom stereocenters. The summed E-state index contributed by atoms with van der Waals surface area (Å²) in [6.45, 7) is 3.81. The van der Waals surface area contributed by atoms with Crippen molar-refractivity contribution < 1.29 is 18.0 Å². The Kier molecular flexibility index (Phi) is 11.4. The van der Waals surface area contributed by atoms with Crippen molar-refractivity contribution in [3.05, 3.63) is 130 Å². The molecule has 44 heavy (non-hydrogen) atoms. The summed E-state index contributed by atoms with van der Waals surface area (Å²) < 4.78 is 29.2. The van der Waals surface area contributed by atoms with Crippen LogP contribution < -0.4 is 9.62 Å². The number of carbonyl (C=O) groups excluding carboxylic acids is 2. The third kappa shape index (κ3) is 8.62. The molecule has 10 heteroatoms. The largest absolute Gasteiger partial charge is 0.354 e. The summed E-state index contributed by atoms with van der Waals surface area (Å²) in [4.78, 5) is 29.5. The van der Waals surface area contributed by atoms with E-state index in [0.717, 1.165) is 27.4 Å². The number of hydrogen-bond acceptors (Lipinski definition) is 4. The SMILES string of the molecule is CCCNC(=O)C(Cc1ccccc1)N(Cc1ccc(Cl)cc1)C(=O)CN(c1ccc(C)cc1)S(=O)(=O)c1ccc(Cl)cc1. The Bertz CT molecular complexity index is 1650. The molecule has 0 aliphatic rings. The number of hydrogen-bond donors (Lipinski definition) is 1. The lowest BCUT2D eigenvalue weighted by atomic mass is 10.0. The second-order valence-corrected chi connectivity index (χ2v) is 13.2. The average molecular weight is 653 g/mol. The number of rotatable bonds is 13. The lowest BCUT2D eigenvalue weighted by Gasteiger charge is -2.34. The van der Waals surface area contributed by atoms with Gasteiger partial charge in [-0.3, -0.25) is 13.9 Å². The molecule has 7 nitrogen and oxygen atoms in total. The first-order valence-corrected chi connectivity index (χ1v) is 16.5. The Balaban J connectivity index is 1.78. The van der Waals surface area contributed by atoms with Crippen LogP contribution in [0.4, 0.5) is 5.69 Å². The zero-order valence-electron chi connectivity index (χ0n) is 24.6. The zero-order valence-corrected chi connectivity index (χ0v) is 26.9. The van der Waals surface area contributed by atoms with Crippen LogP contribution in [0, 0.1) is 6.92 Å². The van der Waals surface area contributed by atoms with Crippen molar-refractivity contribution in [1.29, 1.82) is 0 Å². The second-order valence-electron chi connectivity index (χ2n) is 10.4. The van der Waals surface area contributed by atoms with Crippen molar-refractivity contribution in [2.75, 3.05) is 17.4 Å². The topological polar surface area (TPSA) is 86.8 Å². The third-order valence-electron chi connectivity index (χ3n) is 7.09. The van der Waals surface area contributed by atoms with Crippen LogP contribution in [0.1, 0.15) is 30.0 Å². The van der Waals surface area contributed by atoms with Crippen molar-refractivity contribution in [2.24, 2.45) is 0 Å². The van der Waals surface area contributed by atoms with Crippen LogP contribution >= 0.6 is 23.2 Å². The van der Waals surface area contributed by atoms with Gasteiger partial charge < -0.3 is 10.2 Å². The number of amides is 2. The maximum absolute atomic E-state index is 14.4. The van der Waals surface area contributed by atoms with Gasteiger partial charge in [-0.1, -0.05) is 90.3 Å². The van der Waals surface area contributed by atoms with Gasteiger partial charge >= 0.3 is 0 Å². The van der Waals surface area contributed by atoms with Crippen molar-refractivity contribution >= 4 is 50.7 Å². The molecule has 0 aliphatic heterocycles. The van der Waals surface area contributed by atoms with Gasteiger partial charge in [0.25, 0.3) is 10.0 Å². The summed E-state index contributed by atoms with van der Waals surface area (Å²) in [5.74, 6) is -0.855. The highest BCUT2D eigenvalue weighted by Gasteiger charge is 2.34. The van der Waals surface area contributed by atoms with Crippen molar-refractivity contribution in [3.8, 4) is 0 Å². The van der Waals surface area contributed by atoms with E-state index in [9.17, 15) is 18.0 Å². The van der Waals surface area contributed by atoms with Gasteiger partial charge in [0.1, 0.15) is 12.6 Å². The van der Waals surface area contributed by atoms with E-state index in [-0.39, 0.29) is 23.8 Å². The van der Waals surface area contributed by atoms with Gasteiger partial charge in [0, 0.05) is 29.6 Å². The standard InChI is InChI=1S/C34H35Cl2N3O4S/c1-3-21-37-34(41)32(22-26-7-5-4-6-8-26)38(23-27-11-13-28(35)14-12-27)33(40)24-39(30-17-9-25(2)10-18-30)44(42,43)31-19-15-29(36)16-20-31/h4-20,32H,3,21-24H2,1-2H3,(H,37,41). The molecule has 0 aliphatic carbocycles. The molecule has 4 rings (SSSR count). The molecule has 0 saturated carbocycles. The van der Waals surface area contributed by atoms with Gasteiger partial charge in [-0.2, -0.15) is 0 Å². The highest BCUT2D eigenvalue weighted by molar-refractivity contribution is 7.92. The maximum atomic E-state index is 14.4. The minimum atomic E-state index is -4.20. The number of nitrogens with one attached hydrogen (secondary N) is 1. The van der Waals surface area contributed by atoms with Crippen LogP contribution in [0.5, 0.6) is 0 Å². The van der Waals surface area contributed by atoms with Crippen molar-refractivity contribution in [3.63, 3.8) is 0 Å². The summed E-state index contributed by atoms with van der Waals surface area (Å²) in [5, 5.41) is 3.86. The highest BCUT2D eigenvalue weighted by Crippen LogP contribution is 2.26. The summed E-state index contributed by atoms with van der Waals surface area (Å²) in [6, 6.07) is 28.2. The third-order valence-corrected chi connectivity index (χ3v) is 9.38. The molecule has 0 radical (unpaired) electrons. The maximum Gasteiger partial charge on any atom is 0.264 e. The number of benzene rings is 4. The van der Waals surface area contributed by atoms with Gasteiger partial charge in [0.2, 0.25) is 11.8 Å². The number of aryl methyl sites for hydroxylation is 1. The first kappa shape index (κ1) is 33.1. The molecular formula is C34H35Cl2N3O4S. The summed E-state index contributed by atoms with van der Waals surface area (Å²) in [6.07, 6.45) is 0.958. The molecule has 0 spiro atoms. The van der Waals surface area contributed by atoms with Crippen LogP contribution in [-0.2, 0) is 32.6 Å². The molecule has 4 aromatic carbocycles. The molecule has 1 N–H and O–H groups in total. The molecule has 1 unspecified atom stereocenters. The van der Waals surface area contributed by atoms with Crippen molar-refractivity contribution in [1.82, 2.24) is 10.2 Å². The average Bonchev–Trinajstić information content (AvgIpc) is 3.02. The Hall–Kier alpha value is -3.85. The van der Waals surface area contributed by atoms with E-state index < -0.39 is 28.5 Å². The minimum absolute atomic E-state index is 0.0129. The molecule has 2 amide bonds. The molecule has 0 aromatic heterocycles. The van der Waals surface area contributed by atoms with E-state index in [2.05, 4.69) is 5.32 Å². The Morgan fingerprint density at radius 2 is 1.39 bits per heavy atom. The number of sulfonamides is 1. The van der Waals surface area contributed by atoms with E-state index in [1.165, 1.54) is 29.2 Å². The molecule has 0 saturated heterocycles. The number of carbonyl (C=O) groups is 2. The zero-order chi connectivity index (χ0) is 31.7. The van der Waals surface area contributed by atoms with Crippen LogP contribution in [-0.4, -0.2) is 44.3 Å². The van der Waals surface area contributed by atoms with E-state index in [4.69, 9.17) is 23.2 Å². The molecule has 0 heterocycles. The fourth-order valence-corrected chi connectivity index (χ4v) is 6.35. The van der Waals surface area contributed by atoms with Crippen LogP contribution in [0.15, 0.2) is 108 Å². The lowest BCUT2D eigenvalue weighted by molar-refractivity contribution is -0.140.